The van der Waals surface area contributed by atoms with Gasteiger partial charge in [0.05, 0.1) is 5.56 Å². The molecule has 7 heteroatoms. The Morgan fingerprint density at radius 2 is 2.09 bits per heavy atom. The molecule has 5 nitrogen and oxygen atoms in total. The van der Waals surface area contributed by atoms with Crippen molar-refractivity contribution in [1.82, 2.24) is 15.5 Å². The number of hydrogen-bond acceptors (Lipinski definition) is 4. The summed E-state index contributed by atoms with van der Waals surface area (Å²) in [4.78, 5) is 16.9. The van der Waals surface area contributed by atoms with E-state index in [4.69, 9.17) is 16.1 Å². The molecule has 0 bridgehead atoms. The van der Waals surface area contributed by atoms with E-state index in [2.05, 4.69) is 15.5 Å². The van der Waals surface area contributed by atoms with Gasteiger partial charge in [-0.1, -0.05) is 36.0 Å². The normalized spacial score (nSPS) is 17.0. The molecule has 1 aliphatic rings. The second-order valence-corrected chi connectivity index (χ2v) is 6.29. The Morgan fingerprint density at radius 3 is 2.74 bits per heavy atom. The number of amides is 1. The van der Waals surface area contributed by atoms with E-state index in [0.29, 0.717) is 29.6 Å². The maximum Gasteiger partial charge on any atom is 0.255 e. The summed E-state index contributed by atoms with van der Waals surface area (Å²) in [6.45, 7) is 1.70. The Hall–Kier alpha value is -1.95. The monoisotopic (exact) mass is 337 g/mol. The lowest BCUT2D eigenvalue weighted by Gasteiger charge is -2.35. The summed E-state index contributed by atoms with van der Waals surface area (Å²) in [5.41, 5.74) is -0.801. The van der Waals surface area contributed by atoms with E-state index in [9.17, 15) is 9.18 Å². The standard InChI is InChI=1S/C16H17ClFN3O2/c1-10-19-15(21-23-10)16(7-3-2-4-8-16)20-14(22)12-9-11(17)5-6-13(12)18/h5-6,9H,2-4,7-8H2,1H3,(H,20,22). The van der Waals surface area contributed by atoms with Crippen LogP contribution in [0.3, 0.4) is 0 Å². The molecule has 1 aromatic carbocycles. The van der Waals surface area contributed by atoms with Crippen LogP contribution >= 0.6 is 11.6 Å². The van der Waals surface area contributed by atoms with E-state index >= 15 is 0 Å². The van der Waals surface area contributed by atoms with Gasteiger partial charge in [-0.3, -0.25) is 4.79 Å². The average Bonchev–Trinajstić information content (AvgIpc) is 2.98. The molecule has 1 heterocycles. The highest BCUT2D eigenvalue weighted by Crippen LogP contribution is 2.36. The highest BCUT2D eigenvalue weighted by atomic mass is 35.5. The molecule has 0 unspecified atom stereocenters. The van der Waals surface area contributed by atoms with Crippen LogP contribution in [-0.4, -0.2) is 16.0 Å². The van der Waals surface area contributed by atoms with Crippen LogP contribution in [0.25, 0.3) is 0 Å². The minimum Gasteiger partial charge on any atom is -0.340 e. The molecule has 1 N–H and O–H groups in total. The van der Waals surface area contributed by atoms with Crippen LogP contribution in [0.2, 0.25) is 5.02 Å². The first-order chi connectivity index (χ1) is 11.0. The van der Waals surface area contributed by atoms with E-state index in [1.807, 2.05) is 0 Å². The quantitative estimate of drug-likeness (QED) is 0.926. The molecule has 0 radical (unpaired) electrons. The SMILES string of the molecule is Cc1nc(C2(NC(=O)c3cc(Cl)ccc3F)CCCCC2)no1. The number of nitrogens with one attached hydrogen (secondary N) is 1. The fraction of sp³-hybridized carbons (Fsp3) is 0.438. The van der Waals surface area contributed by atoms with Crippen molar-refractivity contribution in [3.05, 3.63) is 46.3 Å². The fourth-order valence-corrected chi connectivity index (χ4v) is 3.18. The molecule has 1 aromatic heterocycles. The van der Waals surface area contributed by atoms with Crippen molar-refractivity contribution in [3.63, 3.8) is 0 Å². The van der Waals surface area contributed by atoms with Crippen molar-refractivity contribution in [1.29, 1.82) is 0 Å². The first kappa shape index (κ1) is 15.9. The number of carbonyl (C=O) groups is 1. The van der Waals surface area contributed by atoms with Crippen LogP contribution in [0.1, 0.15) is 54.2 Å². The Kier molecular flexibility index (Phi) is 4.35. The number of aryl methyl sites for hydroxylation is 1. The van der Waals surface area contributed by atoms with Gasteiger partial charge in [0.2, 0.25) is 5.89 Å². The summed E-state index contributed by atoms with van der Waals surface area (Å²) >= 11 is 5.87. The first-order valence-corrected chi connectivity index (χ1v) is 7.96. The third-order valence-corrected chi connectivity index (χ3v) is 4.42. The van der Waals surface area contributed by atoms with Crippen molar-refractivity contribution in [3.8, 4) is 0 Å². The molecule has 1 aliphatic carbocycles. The van der Waals surface area contributed by atoms with Gasteiger partial charge in [0.1, 0.15) is 11.4 Å². The molecule has 1 amide bonds. The summed E-state index contributed by atoms with van der Waals surface area (Å²) in [7, 11) is 0. The number of halogens is 2. The summed E-state index contributed by atoms with van der Waals surface area (Å²) in [5.74, 6) is -0.241. The van der Waals surface area contributed by atoms with Gasteiger partial charge in [-0.2, -0.15) is 4.98 Å². The molecule has 0 spiro atoms. The van der Waals surface area contributed by atoms with Gasteiger partial charge in [-0.25, -0.2) is 4.39 Å². The Labute approximate surface area is 138 Å². The van der Waals surface area contributed by atoms with Crippen molar-refractivity contribution in [2.24, 2.45) is 0 Å². The van der Waals surface area contributed by atoms with Gasteiger partial charge in [0, 0.05) is 11.9 Å². The topological polar surface area (TPSA) is 68.0 Å². The summed E-state index contributed by atoms with van der Waals surface area (Å²) in [6.07, 6.45) is 4.34. The van der Waals surface area contributed by atoms with Gasteiger partial charge in [0.15, 0.2) is 5.82 Å². The lowest BCUT2D eigenvalue weighted by Crippen LogP contribution is -2.48. The Morgan fingerprint density at radius 1 is 1.35 bits per heavy atom. The Bertz CT molecular complexity index is 726. The van der Waals surface area contributed by atoms with Crippen LogP contribution in [-0.2, 0) is 5.54 Å². The van der Waals surface area contributed by atoms with Crippen molar-refractivity contribution < 1.29 is 13.7 Å². The second-order valence-electron chi connectivity index (χ2n) is 5.86. The van der Waals surface area contributed by atoms with E-state index in [-0.39, 0.29) is 5.56 Å². The van der Waals surface area contributed by atoms with Crippen molar-refractivity contribution in [2.45, 2.75) is 44.6 Å². The molecule has 0 saturated heterocycles. The van der Waals surface area contributed by atoms with Crippen LogP contribution < -0.4 is 5.32 Å². The second kappa shape index (κ2) is 6.28. The zero-order valence-corrected chi connectivity index (χ0v) is 13.5. The van der Waals surface area contributed by atoms with Gasteiger partial charge in [-0.05, 0) is 31.0 Å². The van der Waals surface area contributed by atoms with Crippen LogP contribution in [0.4, 0.5) is 4.39 Å². The molecule has 0 atom stereocenters. The molecule has 0 aliphatic heterocycles. The maximum atomic E-state index is 13.9. The zero-order valence-electron chi connectivity index (χ0n) is 12.7. The largest absolute Gasteiger partial charge is 0.340 e. The summed E-state index contributed by atoms with van der Waals surface area (Å²) in [5, 5.41) is 7.21. The van der Waals surface area contributed by atoms with Gasteiger partial charge in [0.25, 0.3) is 5.91 Å². The molecular formula is C16H17ClFN3O2. The number of benzene rings is 1. The number of hydrogen-bond donors (Lipinski definition) is 1. The van der Waals surface area contributed by atoms with E-state index < -0.39 is 17.3 Å². The fourth-order valence-electron chi connectivity index (χ4n) is 3.01. The lowest BCUT2D eigenvalue weighted by molar-refractivity contribution is 0.0851. The van der Waals surface area contributed by atoms with Crippen molar-refractivity contribution >= 4 is 17.5 Å². The minimum absolute atomic E-state index is 0.0809. The molecular weight excluding hydrogens is 321 g/mol. The van der Waals surface area contributed by atoms with Gasteiger partial charge in [-0.15, -0.1) is 0 Å². The molecule has 3 rings (SSSR count). The highest BCUT2D eigenvalue weighted by molar-refractivity contribution is 6.31. The maximum absolute atomic E-state index is 13.9. The predicted octanol–water partition coefficient (Wildman–Crippen LogP) is 3.76. The first-order valence-electron chi connectivity index (χ1n) is 7.58. The average molecular weight is 338 g/mol. The predicted molar refractivity (Wildman–Crippen MR) is 82.7 cm³/mol. The summed E-state index contributed by atoms with van der Waals surface area (Å²) < 4.78 is 19.0. The van der Waals surface area contributed by atoms with Gasteiger partial charge < -0.3 is 9.84 Å². The molecule has 122 valence electrons. The van der Waals surface area contributed by atoms with Crippen LogP contribution in [0.5, 0.6) is 0 Å². The van der Waals surface area contributed by atoms with Crippen LogP contribution in [0.15, 0.2) is 22.7 Å². The molecule has 1 fully saturated rings. The molecule has 1 saturated carbocycles. The third-order valence-electron chi connectivity index (χ3n) is 4.19. The number of rotatable bonds is 3. The van der Waals surface area contributed by atoms with Gasteiger partial charge >= 0.3 is 0 Å². The zero-order chi connectivity index (χ0) is 16.4. The summed E-state index contributed by atoms with van der Waals surface area (Å²) in [6, 6.07) is 3.92. The van der Waals surface area contributed by atoms with Crippen LogP contribution in [0, 0.1) is 12.7 Å². The molecule has 2 aromatic rings. The van der Waals surface area contributed by atoms with E-state index in [0.717, 1.165) is 19.3 Å². The molecule has 23 heavy (non-hydrogen) atoms. The lowest BCUT2D eigenvalue weighted by atomic mass is 9.80. The van der Waals surface area contributed by atoms with Crippen molar-refractivity contribution in [2.75, 3.05) is 0 Å². The number of nitrogens with zero attached hydrogens (tertiary/aromatic N) is 2. The minimum atomic E-state index is -0.720. The Balaban J connectivity index is 1.92. The van der Waals surface area contributed by atoms with E-state index in [1.54, 1.807) is 6.92 Å². The van der Waals surface area contributed by atoms with E-state index in [1.165, 1.54) is 18.2 Å². The highest BCUT2D eigenvalue weighted by Gasteiger charge is 2.40. The third kappa shape index (κ3) is 3.22. The number of carbonyl (C=O) groups excluding carboxylic acids is 1. The smallest absolute Gasteiger partial charge is 0.255 e. The number of aromatic nitrogens is 2.